The number of ether oxygens (including phenoxy) is 2. The van der Waals surface area contributed by atoms with Crippen molar-refractivity contribution in [1.29, 1.82) is 0 Å². The fourth-order valence-corrected chi connectivity index (χ4v) is 2.64. The summed E-state index contributed by atoms with van der Waals surface area (Å²) in [6.45, 7) is 2.19. The Morgan fingerprint density at radius 2 is 2.00 bits per heavy atom. The molecule has 3 nitrogen and oxygen atoms in total. The van der Waals surface area contributed by atoms with E-state index in [1.807, 2.05) is 18.2 Å². The lowest BCUT2D eigenvalue weighted by atomic mass is 10.2. The van der Waals surface area contributed by atoms with Crippen LogP contribution in [-0.4, -0.2) is 19.8 Å². The highest BCUT2D eigenvalue weighted by Gasteiger charge is 2.11. The van der Waals surface area contributed by atoms with Gasteiger partial charge in [0, 0.05) is 18.3 Å². The van der Waals surface area contributed by atoms with E-state index in [9.17, 15) is 0 Å². The summed E-state index contributed by atoms with van der Waals surface area (Å²) in [7, 11) is 0. The first-order chi connectivity index (χ1) is 8.92. The zero-order valence-electron chi connectivity index (χ0n) is 10.0. The molecule has 1 aliphatic heterocycles. The van der Waals surface area contributed by atoms with E-state index in [0.717, 1.165) is 30.2 Å². The summed E-state index contributed by atoms with van der Waals surface area (Å²) in [5.74, 6) is 1.67. The quantitative estimate of drug-likeness (QED) is 0.917. The lowest BCUT2D eigenvalue weighted by molar-refractivity contribution is 0.171. The van der Waals surface area contributed by atoms with Gasteiger partial charge in [-0.05, 0) is 40.9 Å². The van der Waals surface area contributed by atoms with Crippen LogP contribution in [0.5, 0.6) is 11.5 Å². The molecule has 0 atom stereocenters. The molecule has 1 aromatic carbocycles. The maximum Gasteiger partial charge on any atom is 0.163 e. The number of hydrogen-bond donors (Lipinski definition) is 1. The Morgan fingerprint density at radius 3 is 2.83 bits per heavy atom. The zero-order valence-corrected chi connectivity index (χ0v) is 10.8. The van der Waals surface area contributed by atoms with Crippen molar-refractivity contribution >= 4 is 17.0 Å². The van der Waals surface area contributed by atoms with E-state index < -0.39 is 0 Å². The second-order valence-corrected chi connectivity index (χ2v) is 4.95. The third kappa shape index (κ3) is 2.59. The van der Waals surface area contributed by atoms with Gasteiger partial charge in [-0.2, -0.15) is 11.3 Å². The van der Waals surface area contributed by atoms with E-state index in [1.165, 1.54) is 5.56 Å². The molecular weight excluding hydrogens is 246 g/mol. The zero-order chi connectivity index (χ0) is 12.2. The molecule has 0 radical (unpaired) electrons. The van der Waals surface area contributed by atoms with Crippen molar-refractivity contribution in [1.82, 2.24) is 0 Å². The van der Waals surface area contributed by atoms with Crippen molar-refractivity contribution in [2.24, 2.45) is 0 Å². The SMILES string of the molecule is c1cc(CCNc2ccc3c(c2)OCCO3)cs1. The molecule has 0 aliphatic carbocycles. The van der Waals surface area contributed by atoms with Gasteiger partial charge < -0.3 is 14.8 Å². The molecule has 1 aliphatic rings. The first-order valence-corrected chi connectivity index (χ1v) is 7.01. The third-order valence-electron chi connectivity index (χ3n) is 2.87. The molecule has 4 heteroatoms. The fourth-order valence-electron chi connectivity index (χ4n) is 1.94. The molecule has 0 saturated heterocycles. The maximum absolute atomic E-state index is 5.55. The van der Waals surface area contributed by atoms with Gasteiger partial charge in [-0.25, -0.2) is 0 Å². The molecule has 2 aromatic rings. The third-order valence-corrected chi connectivity index (χ3v) is 3.60. The second kappa shape index (κ2) is 5.31. The standard InChI is InChI=1S/C14H15NO2S/c1-2-13-14(17-7-6-16-13)9-12(1)15-5-3-11-4-8-18-10-11/h1-2,4,8-10,15H,3,5-7H2. The van der Waals surface area contributed by atoms with Gasteiger partial charge in [0.25, 0.3) is 0 Å². The number of thiophene rings is 1. The molecule has 3 rings (SSSR count). The van der Waals surface area contributed by atoms with Crippen LogP contribution in [-0.2, 0) is 6.42 Å². The Balaban J connectivity index is 1.59. The van der Waals surface area contributed by atoms with Crippen LogP contribution in [0.15, 0.2) is 35.0 Å². The van der Waals surface area contributed by atoms with E-state index in [0.29, 0.717) is 13.2 Å². The summed E-state index contributed by atoms with van der Waals surface area (Å²) >= 11 is 1.74. The van der Waals surface area contributed by atoms with Crippen LogP contribution in [0.25, 0.3) is 0 Å². The van der Waals surface area contributed by atoms with Crippen LogP contribution in [0.2, 0.25) is 0 Å². The number of nitrogens with one attached hydrogen (secondary N) is 1. The van der Waals surface area contributed by atoms with Gasteiger partial charge in [-0.15, -0.1) is 0 Å². The molecule has 0 unspecified atom stereocenters. The van der Waals surface area contributed by atoms with Crippen LogP contribution in [0.1, 0.15) is 5.56 Å². The van der Waals surface area contributed by atoms with Crippen LogP contribution in [0.4, 0.5) is 5.69 Å². The normalized spacial score (nSPS) is 13.3. The van der Waals surface area contributed by atoms with Gasteiger partial charge in [0.15, 0.2) is 11.5 Å². The van der Waals surface area contributed by atoms with Crippen molar-refractivity contribution < 1.29 is 9.47 Å². The second-order valence-electron chi connectivity index (χ2n) is 4.17. The summed E-state index contributed by atoms with van der Waals surface area (Å²) in [6.07, 6.45) is 1.04. The monoisotopic (exact) mass is 261 g/mol. The maximum atomic E-state index is 5.55. The molecular formula is C14H15NO2S. The Labute approximate surface area is 110 Å². The molecule has 2 heterocycles. The number of rotatable bonds is 4. The largest absolute Gasteiger partial charge is 0.486 e. The van der Waals surface area contributed by atoms with Crippen LogP contribution >= 0.6 is 11.3 Å². The number of anilines is 1. The van der Waals surface area contributed by atoms with Gasteiger partial charge in [0.05, 0.1) is 0 Å². The molecule has 1 aromatic heterocycles. The molecule has 0 amide bonds. The Morgan fingerprint density at radius 1 is 1.11 bits per heavy atom. The molecule has 94 valence electrons. The van der Waals surface area contributed by atoms with Gasteiger partial charge in [-0.3, -0.25) is 0 Å². The lowest BCUT2D eigenvalue weighted by Gasteiger charge is -2.19. The van der Waals surface area contributed by atoms with Crippen molar-refractivity contribution in [3.05, 3.63) is 40.6 Å². The Kier molecular flexibility index (Phi) is 3.37. The molecule has 1 N–H and O–H groups in total. The predicted octanol–water partition coefficient (Wildman–Crippen LogP) is 3.17. The Bertz CT molecular complexity index is 511. The highest BCUT2D eigenvalue weighted by molar-refractivity contribution is 7.07. The van der Waals surface area contributed by atoms with Gasteiger partial charge >= 0.3 is 0 Å². The van der Waals surface area contributed by atoms with Crippen LogP contribution in [0, 0.1) is 0 Å². The minimum atomic E-state index is 0.630. The predicted molar refractivity (Wildman–Crippen MR) is 73.9 cm³/mol. The first kappa shape index (κ1) is 11.4. The molecule has 18 heavy (non-hydrogen) atoms. The summed E-state index contributed by atoms with van der Waals surface area (Å²) in [5, 5.41) is 7.70. The van der Waals surface area contributed by atoms with E-state index >= 15 is 0 Å². The van der Waals surface area contributed by atoms with E-state index in [4.69, 9.17) is 9.47 Å². The molecule has 0 bridgehead atoms. The molecule has 0 saturated carbocycles. The number of benzene rings is 1. The van der Waals surface area contributed by atoms with Crippen molar-refractivity contribution in [2.45, 2.75) is 6.42 Å². The number of fused-ring (bicyclic) bond motifs is 1. The van der Waals surface area contributed by atoms with Crippen LogP contribution in [0.3, 0.4) is 0 Å². The average Bonchev–Trinajstić information content (AvgIpc) is 2.92. The van der Waals surface area contributed by atoms with E-state index in [2.05, 4.69) is 22.1 Å². The van der Waals surface area contributed by atoms with Gasteiger partial charge in [-0.1, -0.05) is 0 Å². The first-order valence-electron chi connectivity index (χ1n) is 6.06. The lowest BCUT2D eigenvalue weighted by Crippen LogP contribution is -2.15. The van der Waals surface area contributed by atoms with Gasteiger partial charge in [0.1, 0.15) is 13.2 Å². The minimum Gasteiger partial charge on any atom is -0.486 e. The molecule has 0 fully saturated rings. The summed E-state index contributed by atoms with van der Waals surface area (Å²) in [6, 6.07) is 8.15. The summed E-state index contributed by atoms with van der Waals surface area (Å²) in [4.78, 5) is 0. The average molecular weight is 261 g/mol. The van der Waals surface area contributed by atoms with Crippen molar-refractivity contribution in [2.75, 3.05) is 25.1 Å². The van der Waals surface area contributed by atoms with Crippen molar-refractivity contribution in [3.63, 3.8) is 0 Å². The summed E-state index contributed by atoms with van der Waals surface area (Å²) < 4.78 is 11.0. The fraction of sp³-hybridized carbons (Fsp3) is 0.286. The minimum absolute atomic E-state index is 0.630. The smallest absolute Gasteiger partial charge is 0.163 e. The van der Waals surface area contributed by atoms with Gasteiger partial charge in [0.2, 0.25) is 0 Å². The molecule has 0 spiro atoms. The van der Waals surface area contributed by atoms with Crippen LogP contribution < -0.4 is 14.8 Å². The number of hydrogen-bond acceptors (Lipinski definition) is 4. The van der Waals surface area contributed by atoms with E-state index in [-0.39, 0.29) is 0 Å². The Hall–Kier alpha value is -1.68. The van der Waals surface area contributed by atoms with E-state index in [1.54, 1.807) is 11.3 Å². The highest BCUT2D eigenvalue weighted by atomic mass is 32.1. The van der Waals surface area contributed by atoms with Crippen molar-refractivity contribution in [3.8, 4) is 11.5 Å². The highest BCUT2D eigenvalue weighted by Crippen LogP contribution is 2.32. The summed E-state index contributed by atoms with van der Waals surface area (Å²) in [5.41, 5.74) is 2.46. The topological polar surface area (TPSA) is 30.5 Å².